The molecular weight excluding hydrogens is 188 g/mol. The molecule has 76 valence electrons. The summed E-state index contributed by atoms with van der Waals surface area (Å²) in [6, 6.07) is 0. The third-order valence-corrected chi connectivity index (χ3v) is 4.11. The van der Waals surface area contributed by atoms with Gasteiger partial charge in [-0.2, -0.15) is 0 Å². The van der Waals surface area contributed by atoms with Crippen LogP contribution in [-0.2, 0) is 4.79 Å². The highest BCUT2D eigenvalue weighted by atomic mass is 32.2. The maximum Gasteiger partial charge on any atom is 0.319 e. The van der Waals surface area contributed by atoms with Crippen molar-refractivity contribution in [2.24, 2.45) is 5.92 Å². The number of hydrogen-bond donors (Lipinski definition) is 2. The topological polar surface area (TPSA) is 57.5 Å². The SMILES string of the molecule is CC(C)CSC1(C(=O)O)CC(O)C1. The molecule has 1 aliphatic carbocycles. The lowest BCUT2D eigenvalue weighted by Gasteiger charge is -2.41. The predicted molar refractivity (Wildman–Crippen MR) is 52.9 cm³/mol. The van der Waals surface area contributed by atoms with E-state index in [2.05, 4.69) is 13.8 Å². The zero-order valence-electron chi connectivity index (χ0n) is 7.99. The van der Waals surface area contributed by atoms with Gasteiger partial charge in [0.05, 0.1) is 6.10 Å². The van der Waals surface area contributed by atoms with Crippen LogP contribution >= 0.6 is 11.8 Å². The van der Waals surface area contributed by atoms with Gasteiger partial charge in [0.1, 0.15) is 4.75 Å². The number of carbonyl (C=O) groups is 1. The molecule has 0 amide bonds. The van der Waals surface area contributed by atoms with Gasteiger partial charge in [-0.25, -0.2) is 0 Å². The number of hydrogen-bond acceptors (Lipinski definition) is 3. The fourth-order valence-electron chi connectivity index (χ4n) is 1.38. The van der Waals surface area contributed by atoms with Crippen molar-refractivity contribution >= 4 is 17.7 Å². The maximum absolute atomic E-state index is 10.9. The number of aliphatic hydroxyl groups is 1. The Bertz CT molecular complexity index is 197. The Morgan fingerprint density at radius 2 is 2.15 bits per heavy atom. The van der Waals surface area contributed by atoms with E-state index < -0.39 is 16.8 Å². The highest BCUT2D eigenvalue weighted by Gasteiger charge is 2.50. The molecule has 0 aromatic heterocycles. The van der Waals surface area contributed by atoms with E-state index in [0.717, 1.165) is 5.75 Å². The fraction of sp³-hybridized carbons (Fsp3) is 0.889. The Labute approximate surface area is 82.5 Å². The van der Waals surface area contributed by atoms with Crippen molar-refractivity contribution in [2.45, 2.75) is 37.5 Å². The van der Waals surface area contributed by atoms with Crippen LogP contribution in [0.5, 0.6) is 0 Å². The Morgan fingerprint density at radius 1 is 1.62 bits per heavy atom. The van der Waals surface area contributed by atoms with Crippen molar-refractivity contribution in [3.63, 3.8) is 0 Å². The largest absolute Gasteiger partial charge is 0.480 e. The van der Waals surface area contributed by atoms with Crippen LogP contribution < -0.4 is 0 Å². The molecule has 1 aliphatic rings. The summed E-state index contributed by atoms with van der Waals surface area (Å²) in [5, 5.41) is 18.1. The first-order valence-electron chi connectivity index (χ1n) is 4.52. The molecular formula is C9H16O3S. The van der Waals surface area contributed by atoms with Crippen LogP contribution in [0.3, 0.4) is 0 Å². The third-order valence-electron chi connectivity index (χ3n) is 2.21. The van der Waals surface area contributed by atoms with Crippen LogP contribution in [0, 0.1) is 5.92 Å². The van der Waals surface area contributed by atoms with Crippen LogP contribution in [-0.4, -0.2) is 32.8 Å². The summed E-state index contributed by atoms with van der Waals surface area (Å²) < 4.78 is -0.691. The van der Waals surface area contributed by atoms with Crippen molar-refractivity contribution in [1.29, 1.82) is 0 Å². The second-order valence-corrected chi connectivity index (χ2v) is 5.47. The summed E-state index contributed by atoms with van der Waals surface area (Å²) >= 11 is 1.47. The van der Waals surface area contributed by atoms with E-state index in [1.54, 1.807) is 0 Å². The van der Waals surface area contributed by atoms with Gasteiger partial charge in [-0.1, -0.05) is 13.8 Å². The van der Waals surface area contributed by atoms with E-state index in [9.17, 15) is 4.79 Å². The second kappa shape index (κ2) is 3.88. The molecule has 2 N–H and O–H groups in total. The van der Waals surface area contributed by atoms with Crippen LogP contribution in [0.2, 0.25) is 0 Å². The Morgan fingerprint density at radius 3 is 2.46 bits per heavy atom. The Hall–Kier alpha value is -0.220. The van der Waals surface area contributed by atoms with Gasteiger partial charge >= 0.3 is 5.97 Å². The molecule has 0 spiro atoms. The molecule has 0 atom stereocenters. The first-order chi connectivity index (χ1) is 5.96. The number of aliphatic carboxylic acids is 1. The second-order valence-electron chi connectivity index (χ2n) is 4.07. The summed E-state index contributed by atoms with van der Waals surface area (Å²) in [5.74, 6) is 0.571. The van der Waals surface area contributed by atoms with Gasteiger partial charge in [0.2, 0.25) is 0 Å². The van der Waals surface area contributed by atoms with E-state index in [1.807, 2.05) is 0 Å². The first kappa shape index (κ1) is 10.9. The highest BCUT2D eigenvalue weighted by Crippen LogP contribution is 2.45. The lowest BCUT2D eigenvalue weighted by molar-refractivity contribution is -0.145. The molecule has 1 rings (SSSR count). The number of thioether (sulfide) groups is 1. The zero-order valence-corrected chi connectivity index (χ0v) is 8.80. The minimum absolute atomic E-state index is 0.403. The molecule has 0 aromatic carbocycles. The van der Waals surface area contributed by atoms with Gasteiger partial charge in [0, 0.05) is 0 Å². The standard InChI is InChI=1S/C9H16O3S/c1-6(2)5-13-9(8(11)12)3-7(10)4-9/h6-7,10H,3-5H2,1-2H3,(H,11,12). The molecule has 4 heteroatoms. The highest BCUT2D eigenvalue weighted by molar-refractivity contribution is 8.01. The van der Waals surface area contributed by atoms with E-state index >= 15 is 0 Å². The summed E-state index contributed by atoms with van der Waals surface area (Å²) in [6.45, 7) is 4.13. The predicted octanol–water partition coefficient (Wildman–Crippen LogP) is 1.35. The quantitative estimate of drug-likeness (QED) is 0.726. The van der Waals surface area contributed by atoms with Gasteiger partial charge in [-0.05, 0) is 24.5 Å². The van der Waals surface area contributed by atoms with Crippen molar-refractivity contribution in [2.75, 3.05) is 5.75 Å². The van der Waals surface area contributed by atoms with E-state index in [-0.39, 0.29) is 0 Å². The monoisotopic (exact) mass is 204 g/mol. The van der Waals surface area contributed by atoms with Gasteiger partial charge in [0.15, 0.2) is 0 Å². The van der Waals surface area contributed by atoms with Gasteiger partial charge in [-0.15, -0.1) is 11.8 Å². The molecule has 0 bridgehead atoms. The summed E-state index contributed by atoms with van der Waals surface area (Å²) in [6.07, 6.45) is 0.398. The minimum Gasteiger partial charge on any atom is -0.480 e. The lowest BCUT2D eigenvalue weighted by Crippen LogP contribution is -2.50. The third kappa shape index (κ3) is 2.38. The van der Waals surface area contributed by atoms with E-state index in [1.165, 1.54) is 11.8 Å². The number of aliphatic hydroxyl groups excluding tert-OH is 1. The van der Waals surface area contributed by atoms with E-state index in [4.69, 9.17) is 10.2 Å². The summed E-state index contributed by atoms with van der Waals surface area (Å²) in [7, 11) is 0. The van der Waals surface area contributed by atoms with Crippen LogP contribution in [0.15, 0.2) is 0 Å². The molecule has 0 radical (unpaired) electrons. The Balaban J connectivity index is 2.46. The summed E-state index contributed by atoms with van der Waals surface area (Å²) in [4.78, 5) is 10.9. The smallest absolute Gasteiger partial charge is 0.319 e. The molecule has 0 aromatic rings. The molecule has 0 heterocycles. The lowest BCUT2D eigenvalue weighted by atomic mass is 9.81. The fourth-order valence-corrected chi connectivity index (χ4v) is 2.78. The summed E-state index contributed by atoms with van der Waals surface area (Å²) in [5.41, 5.74) is 0. The Kier molecular flexibility index (Phi) is 3.24. The number of rotatable bonds is 4. The molecule has 0 saturated heterocycles. The van der Waals surface area contributed by atoms with Gasteiger partial charge in [-0.3, -0.25) is 4.79 Å². The van der Waals surface area contributed by atoms with E-state index in [0.29, 0.717) is 18.8 Å². The minimum atomic E-state index is -0.775. The average Bonchev–Trinajstić information content (AvgIpc) is 1.94. The molecule has 1 fully saturated rings. The number of carboxylic acid groups (broad SMARTS) is 1. The van der Waals surface area contributed by atoms with Crippen LogP contribution in [0.4, 0.5) is 0 Å². The van der Waals surface area contributed by atoms with Crippen LogP contribution in [0.25, 0.3) is 0 Å². The van der Waals surface area contributed by atoms with Crippen molar-refractivity contribution < 1.29 is 15.0 Å². The van der Waals surface area contributed by atoms with Crippen LogP contribution in [0.1, 0.15) is 26.7 Å². The normalized spacial score (nSPS) is 33.1. The average molecular weight is 204 g/mol. The van der Waals surface area contributed by atoms with Crippen molar-refractivity contribution in [1.82, 2.24) is 0 Å². The maximum atomic E-state index is 10.9. The molecule has 3 nitrogen and oxygen atoms in total. The van der Waals surface area contributed by atoms with Gasteiger partial charge in [0.25, 0.3) is 0 Å². The molecule has 0 unspecified atom stereocenters. The zero-order chi connectivity index (χ0) is 10.1. The van der Waals surface area contributed by atoms with Gasteiger partial charge < -0.3 is 10.2 Å². The molecule has 13 heavy (non-hydrogen) atoms. The van der Waals surface area contributed by atoms with Crippen molar-refractivity contribution in [3.05, 3.63) is 0 Å². The molecule has 0 aliphatic heterocycles. The van der Waals surface area contributed by atoms with Crippen molar-refractivity contribution in [3.8, 4) is 0 Å². The molecule has 1 saturated carbocycles. The number of carboxylic acids is 1. The first-order valence-corrected chi connectivity index (χ1v) is 5.50.